The number of rotatable bonds is 7. The fraction of sp³-hybridized carbons (Fsp3) is 0.143. The predicted octanol–water partition coefficient (Wildman–Crippen LogP) is 7.22. The lowest BCUT2D eigenvalue weighted by molar-refractivity contribution is 0.340. The zero-order chi connectivity index (χ0) is 28.3. The van der Waals surface area contributed by atoms with E-state index < -0.39 is 0 Å². The number of para-hydroxylation sites is 2. The van der Waals surface area contributed by atoms with Crippen LogP contribution in [0.15, 0.2) is 125 Å². The highest BCUT2D eigenvalue weighted by Crippen LogP contribution is 2.45. The molecule has 1 aromatic heterocycles. The molecule has 0 bridgehead atoms. The van der Waals surface area contributed by atoms with Gasteiger partial charge in [-0.25, -0.2) is 9.67 Å². The molecule has 1 aliphatic heterocycles. The zero-order valence-electron chi connectivity index (χ0n) is 23.3. The standard InChI is InChI=1S/C35H31N3O3/c1-4-40-28-21-19-26(20-22-28)34-30(32(25-13-7-5-8-14-25)29-17-11-12-18-31(29)41-34)23-36-33-24(2)37(3)38(35(33)39)27-15-9-6-10-16-27/h5-23,32H,4H2,1-3H3. The molecule has 1 aliphatic rings. The van der Waals surface area contributed by atoms with Crippen LogP contribution in [-0.4, -0.2) is 22.2 Å². The van der Waals surface area contributed by atoms with E-state index in [1.165, 1.54) is 0 Å². The van der Waals surface area contributed by atoms with E-state index in [2.05, 4.69) is 18.2 Å². The Bertz CT molecular complexity index is 1800. The van der Waals surface area contributed by atoms with Crippen molar-refractivity contribution < 1.29 is 9.47 Å². The monoisotopic (exact) mass is 541 g/mol. The van der Waals surface area contributed by atoms with Gasteiger partial charge in [0.25, 0.3) is 5.56 Å². The zero-order valence-corrected chi connectivity index (χ0v) is 23.3. The fourth-order valence-electron chi connectivity index (χ4n) is 5.35. The molecule has 0 radical (unpaired) electrons. The Kier molecular flexibility index (Phi) is 7.13. The van der Waals surface area contributed by atoms with Crippen LogP contribution in [0.1, 0.15) is 35.2 Å². The van der Waals surface area contributed by atoms with Crippen molar-refractivity contribution in [3.63, 3.8) is 0 Å². The Hall–Kier alpha value is -5.10. The van der Waals surface area contributed by atoms with Gasteiger partial charge < -0.3 is 9.47 Å². The average molecular weight is 542 g/mol. The molecule has 6 heteroatoms. The predicted molar refractivity (Wildman–Crippen MR) is 164 cm³/mol. The molecule has 0 amide bonds. The number of nitrogens with zero attached hydrogens (tertiary/aromatic N) is 3. The van der Waals surface area contributed by atoms with Crippen LogP contribution in [-0.2, 0) is 7.05 Å². The SMILES string of the molecule is CCOc1ccc(C2=C(C=Nc3c(C)n(C)n(-c4ccccc4)c3=O)C(c3ccccc3)c3ccccc3O2)cc1. The Morgan fingerprint density at radius 3 is 2.24 bits per heavy atom. The first-order chi connectivity index (χ1) is 20.1. The maximum Gasteiger partial charge on any atom is 0.297 e. The molecule has 41 heavy (non-hydrogen) atoms. The van der Waals surface area contributed by atoms with Crippen molar-refractivity contribution in [2.45, 2.75) is 19.8 Å². The molecular formula is C35H31N3O3. The third-order valence-electron chi connectivity index (χ3n) is 7.43. The van der Waals surface area contributed by atoms with Gasteiger partial charge in [0.15, 0.2) is 5.69 Å². The molecule has 1 atom stereocenters. The largest absolute Gasteiger partial charge is 0.494 e. The Labute approximate surface area is 239 Å². The van der Waals surface area contributed by atoms with Crippen LogP contribution in [0.25, 0.3) is 11.4 Å². The Balaban J connectivity index is 1.54. The van der Waals surface area contributed by atoms with Crippen LogP contribution in [0.4, 0.5) is 5.69 Å². The van der Waals surface area contributed by atoms with Crippen LogP contribution in [0.3, 0.4) is 0 Å². The first-order valence-corrected chi connectivity index (χ1v) is 13.7. The number of hydrogen-bond donors (Lipinski definition) is 0. The van der Waals surface area contributed by atoms with Crippen LogP contribution < -0.4 is 15.0 Å². The third-order valence-corrected chi connectivity index (χ3v) is 7.43. The van der Waals surface area contributed by atoms with Crippen molar-refractivity contribution in [2.75, 3.05) is 6.61 Å². The second-order valence-electron chi connectivity index (χ2n) is 9.89. The van der Waals surface area contributed by atoms with E-state index in [0.717, 1.165) is 45.1 Å². The van der Waals surface area contributed by atoms with Gasteiger partial charge in [-0.1, -0.05) is 66.7 Å². The topological polar surface area (TPSA) is 57.8 Å². The molecule has 5 aromatic rings. The maximum absolute atomic E-state index is 13.7. The molecule has 0 saturated carbocycles. The third kappa shape index (κ3) is 4.89. The van der Waals surface area contributed by atoms with Gasteiger partial charge in [-0.05, 0) is 61.9 Å². The molecular weight excluding hydrogens is 510 g/mol. The molecule has 0 N–H and O–H groups in total. The number of hydrogen-bond acceptors (Lipinski definition) is 4. The maximum atomic E-state index is 13.7. The van der Waals surface area contributed by atoms with E-state index in [4.69, 9.17) is 14.5 Å². The lowest BCUT2D eigenvalue weighted by Crippen LogP contribution is -2.19. The number of ether oxygens (including phenoxy) is 2. The molecule has 1 unspecified atom stereocenters. The van der Waals surface area contributed by atoms with Crippen LogP contribution in [0.5, 0.6) is 11.5 Å². The van der Waals surface area contributed by atoms with Crippen molar-refractivity contribution in [1.29, 1.82) is 0 Å². The summed E-state index contributed by atoms with van der Waals surface area (Å²) in [5.41, 5.74) is 5.69. The van der Waals surface area contributed by atoms with Crippen LogP contribution >= 0.6 is 0 Å². The minimum Gasteiger partial charge on any atom is -0.494 e. The summed E-state index contributed by atoms with van der Waals surface area (Å²) in [4.78, 5) is 18.5. The first-order valence-electron chi connectivity index (χ1n) is 13.7. The van der Waals surface area contributed by atoms with Gasteiger partial charge in [-0.15, -0.1) is 0 Å². The Morgan fingerprint density at radius 1 is 0.878 bits per heavy atom. The van der Waals surface area contributed by atoms with Crippen molar-refractivity contribution in [3.8, 4) is 17.2 Å². The van der Waals surface area contributed by atoms with E-state index in [9.17, 15) is 4.79 Å². The number of allylic oxidation sites excluding steroid dienone is 1. The van der Waals surface area contributed by atoms with Gasteiger partial charge in [-0.2, -0.15) is 0 Å². The molecule has 0 fully saturated rings. The highest BCUT2D eigenvalue weighted by atomic mass is 16.5. The highest BCUT2D eigenvalue weighted by molar-refractivity contribution is 5.95. The van der Waals surface area contributed by atoms with Gasteiger partial charge in [0.1, 0.15) is 17.3 Å². The summed E-state index contributed by atoms with van der Waals surface area (Å²) in [5, 5.41) is 0. The number of fused-ring (bicyclic) bond motifs is 1. The second kappa shape index (κ2) is 11.2. The molecule has 0 spiro atoms. The van der Waals surface area contributed by atoms with Crippen molar-refractivity contribution in [3.05, 3.63) is 148 Å². The van der Waals surface area contributed by atoms with E-state index in [1.807, 2.05) is 117 Å². The smallest absolute Gasteiger partial charge is 0.297 e. The number of benzene rings is 4. The summed E-state index contributed by atoms with van der Waals surface area (Å²) < 4.78 is 15.8. The molecule has 0 aliphatic carbocycles. The minimum absolute atomic E-state index is 0.146. The van der Waals surface area contributed by atoms with Crippen molar-refractivity contribution in [1.82, 2.24) is 9.36 Å². The average Bonchev–Trinajstić information content (AvgIpc) is 3.23. The quantitative estimate of drug-likeness (QED) is 0.204. The van der Waals surface area contributed by atoms with E-state index >= 15 is 0 Å². The van der Waals surface area contributed by atoms with Crippen molar-refractivity contribution >= 4 is 17.7 Å². The second-order valence-corrected chi connectivity index (χ2v) is 9.89. The number of aliphatic imine (C=N–C) groups is 1. The summed E-state index contributed by atoms with van der Waals surface area (Å²) in [6, 6.07) is 35.9. The van der Waals surface area contributed by atoms with E-state index in [-0.39, 0.29) is 11.5 Å². The lowest BCUT2D eigenvalue weighted by atomic mass is 9.81. The van der Waals surface area contributed by atoms with E-state index in [0.29, 0.717) is 18.1 Å². The number of aromatic nitrogens is 2. The normalized spacial score (nSPS) is 14.7. The van der Waals surface area contributed by atoms with Crippen LogP contribution in [0.2, 0.25) is 0 Å². The fourth-order valence-corrected chi connectivity index (χ4v) is 5.35. The van der Waals surface area contributed by atoms with Crippen molar-refractivity contribution in [2.24, 2.45) is 12.0 Å². The molecule has 6 nitrogen and oxygen atoms in total. The van der Waals surface area contributed by atoms with Gasteiger partial charge in [0.05, 0.1) is 18.0 Å². The van der Waals surface area contributed by atoms with E-state index in [1.54, 1.807) is 10.9 Å². The summed E-state index contributed by atoms with van der Waals surface area (Å²) in [7, 11) is 1.88. The molecule has 204 valence electrons. The molecule has 0 saturated heterocycles. The molecule has 2 heterocycles. The Morgan fingerprint density at radius 2 is 1.54 bits per heavy atom. The summed E-state index contributed by atoms with van der Waals surface area (Å²) in [6.07, 6.45) is 1.80. The van der Waals surface area contributed by atoms with Gasteiger partial charge in [-0.3, -0.25) is 9.48 Å². The van der Waals surface area contributed by atoms with Gasteiger partial charge >= 0.3 is 0 Å². The lowest BCUT2D eigenvalue weighted by Gasteiger charge is -2.30. The van der Waals surface area contributed by atoms with Gasteiger partial charge in [0.2, 0.25) is 0 Å². The summed E-state index contributed by atoms with van der Waals surface area (Å²) in [6.45, 7) is 4.47. The molecule has 6 rings (SSSR count). The highest BCUT2D eigenvalue weighted by Gasteiger charge is 2.31. The summed E-state index contributed by atoms with van der Waals surface area (Å²) >= 11 is 0. The van der Waals surface area contributed by atoms with Gasteiger partial charge in [0, 0.05) is 35.9 Å². The minimum atomic E-state index is -0.177. The first kappa shape index (κ1) is 26.1. The van der Waals surface area contributed by atoms with Crippen LogP contribution in [0, 0.1) is 6.92 Å². The summed E-state index contributed by atoms with van der Waals surface area (Å²) in [5.74, 6) is 2.14. The molecule has 4 aromatic carbocycles.